The Balaban J connectivity index is 2.13. The van der Waals surface area contributed by atoms with Crippen molar-refractivity contribution >= 4 is 21.7 Å². The van der Waals surface area contributed by atoms with Crippen LogP contribution in [0.3, 0.4) is 0 Å². The van der Waals surface area contributed by atoms with Crippen molar-refractivity contribution in [1.82, 2.24) is 9.97 Å². The number of fused-ring (bicyclic) bond motifs is 3. The van der Waals surface area contributed by atoms with Gasteiger partial charge in [0.05, 0.1) is 11.2 Å². The molecule has 24 heavy (non-hydrogen) atoms. The van der Waals surface area contributed by atoms with Crippen molar-refractivity contribution in [3.05, 3.63) is 72.4 Å². The average molecular weight is 312 g/mol. The van der Waals surface area contributed by atoms with Crippen LogP contribution in [0, 0.1) is 0 Å². The summed E-state index contributed by atoms with van der Waals surface area (Å²) >= 11 is 0. The van der Waals surface area contributed by atoms with Crippen LogP contribution in [0.25, 0.3) is 33.1 Å². The number of hydrogen-bond donors (Lipinski definition) is 0. The molecule has 0 radical (unpaired) electrons. The standard InChI is InChI=1S/C22H20N2/c1-22(2,3)20-19-17-12-8-7-9-15(17)13-14-18(19)23-21(24-20)16-10-5-4-6-11-16/h4-14H,1-3H3. The molecule has 0 amide bonds. The predicted octanol–water partition coefficient (Wildman–Crippen LogP) is 5.75. The van der Waals surface area contributed by atoms with Gasteiger partial charge >= 0.3 is 0 Å². The zero-order valence-electron chi connectivity index (χ0n) is 14.2. The van der Waals surface area contributed by atoms with E-state index in [2.05, 4.69) is 69.3 Å². The maximum atomic E-state index is 4.98. The Morgan fingerprint density at radius 1 is 0.708 bits per heavy atom. The van der Waals surface area contributed by atoms with Crippen molar-refractivity contribution in [2.24, 2.45) is 0 Å². The van der Waals surface area contributed by atoms with Crippen molar-refractivity contribution < 1.29 is 0 Å². The van der Waals surface area contributed by atoms with E-state index in [0.29, 0.717) is 0 Å². The molecule has 0 aliphatic carbocycles. The van der Waals surface area contributed by atoms with Crippen molar-refractivity contribution in [3.8, 4) is 11.4 Å². The molecular weight excluding hydrogens is 292 g/mol. The fourth-order valence-corrected chi connectivity index (χ4v) is 3.16. The third-order valence-electron chi connectivity index (χ3n) is 4.33. The molecule has 0 bridgehead atoms. The molecule has 0 saturated heterocycles. The molecule has 118 valence electrons. The third kappa shape index (κ3) is 2.44. The molecule has 0 spiro atoms. The summed E-state index contributed by atoms with van der Waals surface area (Å²) in [7, 11) is 0. The van der Waals surface area contributed by atoms with Crippen molar-refractivity contribution in [2.45, 2.75) is 26.2 Å². The highest BCUT2D eigenvalue weighted by molar-refractivity contribution is 6.08. The van der Waals surface area contributed by atoms with Gasteiger partial charge in [-0.2, -0.15) is 0 Å². The summed E-state index contributed by atoms with van der Waals surface area (Å²) in [5.74, 6) is 0.795. The zero-order chi connectivity index (χ0) is 16.7. The number of rotatable bonds is 1. The lowest BCUT2D eigenvalue weighted by Gasteiger charge is -2.22. The Morgan fingerprint density at radius 2 is 1.42 bits per heavy atom. The summed E-state index contributed by atoms with van der Waals surface area (Å²) in [6.45, 7) is 6.64. The van der Waals surface area contributed by atoms with Gasteiger partial charge in [-0.1, -0.05) is 81.4 Å². The van der Waals surface area contributed by atoms with Gasteiger partial charge in [-0.3, -0.25) is 0 Å². The fraction of sp³-hybridized carbons (Fsp3) is 0.182. The second-order valence-electron chi connectivity index (χ2n) is 7.19. The smallest absolute Gasteiger partial charge is 0.160 e. The van der Waals surface area contributed by atoms with Gasteiger partial charge in [-0.05, 0) is 16.8 Å². The molecule has 1 aromatic heterocycles. The first-order valence-corrected chi connectivity index (χ1v) is 8.29. The largest absolute Gasteiger partial charge is 0.232 e. The van der Waals surface area contributed by atoms with Crippen LogP contribution in [0.1, 0.15) is 26.5 Å². The molecule has 0 saturated carbocycles. The minimum Gasteiger partial charge on any atom is -0.232 e. The van der Waals surface area contributed by atoms with Gasteiger partial charge in [0.1, 0.15) is 0 Å². The van der Waals surface area contributed by atoms with Crippen molar-refractivity contribution in [2.75, 3.05) is 0 Å². The van der Waals surface area contributed by atoms with Crippen molar-refractivity contribution in [3.63, 3.8) is 0 Å². The Bertz CT molecular complexity index is 1030. The Hall–Kier alpha value is -2.74. The summed E-state index contributed by atoms with van der Waals surface area (Å²) in [6, 6.07) is 22.9. The second kappa shape index (κ2) is 5.41. The van der Waals surface area contributed by atoms with E-state index >= 15 is 0 Å². The van der Waals surface area contributed by atoms with E-state index in [9.17, 15) is 0 Å². The van der Waals surface area contributed by atoms with E-state index in [-0.39, 0.29) is 5.41 Å². The molecule has 0 aliphatic rings. The van der Waals surface area contributed by atoms with Crippen LogP contribution in [0.4, 0.5) is 0 Å². The molecule has 0 atom stereocenters. The number of nitrogens with zero attached hydrogens (tertiary/aromatic N) is 2. The van der Waals surface area contributed by atoms with E-state index in [4.69, 9.17) is 9.97 Å². The molecule has 0 aliphatic heterocycles. The molecule has 0 unspecified atom stereocenters. The normalized spacial score (nSPS) is 12.0. The summed E-state index contributed by atoms with van der Waals surface area (Å²) in [4.78, 5) is 9.84. The lowest BCUT2D eigenvalue weighted by molar-refractivity contribution is 0.575. The van der Waals surface area contributed by atoms with Crippen LogP contribution < -0.4 is 0 Å². The van der Waals surface area contributed by atoms with Gasteiger partial charge in [-0.15, -0.1) is 0 Å². The summed E-state index contributed by atoms with van der Waals surface area (Å²) in [5.41, 5.74) is 3.10. The van der Waals surface area contributed by atoms with E-state index < -0.39 is 0 Å². The average Bonchev–Trinajstić information content (AvgIpc) is 2.60. The molecule has 4 aromatic rings. The van der Waals surface area contributed by atoms with Gasteiger partial charge in [0.15, 0.2) is 5.82 Å². The lowest BCUT2D eigenvalue weighted by Crippen LogP contribution is -2.15. The second-order valence-corrected chi connectivity index (χ2v) is 7.19. The highest BCUT2D eigenvalue weighted by Crippen LogP contribution is 2.34. The first-order chi connectivity index (χ1) is 11.5. The first kappa shape index (κ1) is 14.8. The van der Waals surface area contributed by atoms with Gasteiger partial charge < -0.3 is 0 Å². The van der Waals surface area contributed by atoms with Gasteiger partial charge in [0.25, 0.3) is 0 Å². The zero-order valence-corrected chi connectivity index (χ0v) is 14.2. The third-order valence-corrected chi connectivity index (χ3v) is 4.33. The van der Waals surface area contributed by atoms with Gasteiger partial charge in [0, 0.05) is 16.4 Å². The van der Waals surface area contributed by atoms with E-state index in [0.717, 1.165) is 22.6 Å². The minimum absolute atomic E-state index is 0.0607. The van der Waals surface area contributed by atoms with Gasteiger partial charge in [-0.25, -0.2) is 9.97 Å². The SMILES string of the molecule is CC(C)(C)c1nc(-c2ccccc2)nc2ccc3ccccc3c12. The van der Waals surface area contributed by atoms with Crippen molar-refractivity contribution in [1.29, 1.82) is 0 Å². The van der Waals surface area contributed by atoms with Crippen LogP contribution in [-0.2, 0) is 5.41 Å². The molecule has 0 N–H and O–H groups in total. The lowest BCUT2D eigenvalue weighted by atomic mass is 9.87. The Morgan fingerprint density at radius 3 is 2.17 bits per heavy atom. The summed E-state index contributed by atoms with van der Waals surface area (Å²) in [5, 5.41) is 3.62. The van der Waals surface area contributed by atoms with E-state index in [1.165, 1.54) is 16.2 Å². The molecule has 1 heterocycles. The monoisotopic (exact) mass is 312 g/mol. The number of hydrogen-bond acceptors (Lipinski definition) is 2. The van der Waals surface area contributed by atoms with Crippen LogP contribution in [-0.4, -0.2) is 9.97 Å². The molecule has 3 aromatic carbocycles. The quantitative estimate of drug-likeness (QED) is 0.418. The van der Waals surface area contributed by atoms with Crippen LogP contribution >= 0.6 is 0 Å². The molecule has 2 heteroatoms. The van der Waals surface area contributed by atoms with E-state index in [1.54, 1.807) is 0 Å². The van der Waals surface area contributed by atoms with Gasteiger partial charge in [0.2, 0.25) is 0 Å². The fourth-order valence-electron chi connectivity index (χ4n) is 3.16. The van der Waals surface area contributed by atoms with Crippen LogP contribution in [0.15, 0.2) is 66.7 Å². The number of aromatic nitrogens is 2. The van der Waals surface area contributed by atoms with Crippen LogP contribution in [0.5, 0.6) is 0 Å². The maximum absolute atomic E-state index is 4.98. The molecule has 0 fully saturated rings. The summed E-state index contributed by atoms with van der Waals surface area (Å²) in [6.07, 6.45) is 0. The Labute approximate surface area is 142 Å². The van der Waals surface area contributed by atoms with E-state index in [1.807, 2.05) is 18.2 Å². The number of benzene rings is 3. The Kier molecular flexibility index (Phi) is 3.34. The highest BCUT2D eigenvalue weighted by Gasteiger charge is 2.22. The molecular formula is C22H20N2. The minimum atomic E-state index is -0.0607. The maximum Gasteiger partial charge on any atom is 0.160 e. The summed E-state index contributed by atoms with van der Waals surface area (Å²) < 4.78 is 0. The first-order valence-electron chi connectivity index (χ1n) is 8.29. The molecule has 4 rings (SSSR count). The topological polar surface area (TPSA) is 25.8 Å². The highest BCUT2D eigenvalue weighted by atomic mass is 14.9. The molecule has 2 nitrogen and oxygen atoms in total. The predicted molar refractivity (Wildman–Crippen MR) is 101 cm³/mol. The van der Waals surface area contributed by atoms with Crippen LogP contribution in [0.2, 0.25) is 0 Å².